The van der Waals surface area contributed by atoms with Crippen molar-refractivity contribution in [1.82, 2.24) is 0 Å². The molecule has 0 aromatic heterocycles. The quantitative estimate of drug-likeness (QED) is 0.176. The molecule has 0 fully saturated rings. The first-order valence-corrected chi connectivity index (χ1v) is 22.5. The summed E-state index contributed by atoms with van der Waals surface area (Å²) in [7, 11) is 0. The fraction of sp³-hybridized carbons (Fsp3) is 0.133. The molecule has 4 aliphatic heterocycles. The van der Waals surface area contributed by atoms with E-state index >= 15 is 0 Å². The number of hydrogen-bond acceptors (Lipinski definition) is 4. The van der Waals surface area contributed by atoms with E-state index in [1.54, 1.807) is 0 Å². The Morgan fingerprint density at radius 3 is 1.56 bits per heavy atom. The number of benzene rings is 8. The van der Waals surface area contributed by atoms with Gasteiger partial charge in [-0.1, -0.05) is 143 Å². The van der Waals surface area contributed by atoms with Gasteiger partial charge >= 0.3 is 0 Å². The van der Waals surface area contributed by atoms with Crippen LogP contribution in [0, 0.1) is 0 Å². The first kappa shape index (κ1) is 37.0. The summed E-state index contributed by atoms with van der Waals surface area (Å²) in [6.45, 7) is 9.39. The minimum atomic E-state index is -0.242. The second kappa shape index (κ2) is 13.5. The Hall–Kier alpha value is -7.56. The highest BCUT2D eigenvalue weighted by molar-refractivity contribution is 5.95. The van der Waals surface area contributed by atoms with Crippen LogP contribution in [0.3, 0.4) is 0 Å². The van der Waals surface area contributed by atoms with Crippen molar-refractivity contribution in [3.63, 3.8) is 0 Å². The molecule has 0 N–H and O–H groups in total. The van der Waals surface area contributed by atoms with Crippen LogP contribution in [0.1, 0.15) is 62.8 Å². The van der Waals surface area contributed by atoms with E-state index < -0.39 is 0 Å². The van der Waals surface area contributed by atoms with Crippen molar-refractivity contribution < 1.29 is 9.47 Å². The smallest absolute Gasteiger partial charge is 0.151 e. The van der Waals surface area contributed by atoms with E-state index in [1.165, 1.54) is 84.0 Å². The number of fused-ring (bicyclic) bond motifs is 7. The molecular weight excluding hydrogens is 781 g/mol. The van der Waals surface area contributed by atoms with Crippen molar-refractivity contribution in [1.29, 1.82) is 0 Å². The monoisotopic (exact) mass is 826 g/mol. The molecule has 8 aromatic rings. The van der Waals surface area contributed by atoms with Crippen LogP contribution in [0.25, 0.3) is 44.5 Å². The number of anilines is 5. The molecule has 5 aliphatic rings. The zero-order valence-electron chi connectivity index (χ0n) is 36.4. The molecule has 0 unspecified atom stereocenters. The second-order valence-corrected chi connectivity index (χ2v) is 18.9. The van der Waals surface area contributed by atoms with Crippen molar-refractivity contribution in [2.45, 2.75) is 51.4 Å². The maximum absolute atomic E-state index is 6.63. The van der Waals surface area contributed by atoms with Crippen LogP contribution in [-0.2, 0) is 10.8 Å². The molecule has 0 radical (unpaired) electrons. The summed E-state index contributed by atoms with van der Waals surface area (Å²) in [5.41, 5.74) is 21.1. The number of allylic oxidation sites excluding steroid dienone is 3. The fourth-order valence-electron chi connectivity index (χ4n) is 11.1. The minimum Gasteiger partial charge on any atom is -0.453 e. The highest BCUT2D eigenvalue weighted by Gasteiger charge is 2.43. The summed E-state index contributed by atoms with van der Waals surface area (Å²) >= 11 is 0. The Morgan fingerprint density at radius 2 is 0.891 bits per heavy atom. The summed E-state index contributed by atoms with van der Waals surface area (Å²) in [5.74, 6) is 3.62. The number of rotatable bonds is 4. The minimum absolute atomic E-state index is 0.222. The molecule has 13 rings (SSSR count). The van der Waals surface area contributed by atoms with Crippen LogP contribution in [0.15, 0.2) is 193 Å². The van der Waals surface area contributed by atoms with Gasteiger partial charge in [0.1, 0.15) is 5.76 Å². The van der Waals surface area contributed by atoms with Gasteiger partial charge in [-0.05, 0) is 146 Å². The highest BCUT2D eigenvalue weighted by Crippen LogP contribution is 2.61. The highest BCUT2D eigenvalue weighted by atomic mass is 16.5. The van der Waals surface area contributed by atoms with Crippen LogP contribution < -0.4 is 19.3 Å². The molecule has 308 valence electrons. The molecule has 0 amide bonds. The van der Waals surface area contributed by atoms with Crippen LogP contribution in [0.5, 0.6) is 17.2 Å². The molecule has 0 saturated carbocycles. The van der Waals surface area contributed by atoms with Gasteiger partial charge in [-0.15, -0.1) is 0 Å². The molecule has 0 atom stereocenters. The molecule has 64 heavy (non-hydrogen) atoms. The van der Waals surface area contributed by atoms with E-state index in [0.29, 0.717) is 0 Å². The van der Waals surface area contributed by atoms with Gasteiger partial charge in [0.25, 0.3) is 0 Å². The molecule has 0 bridgehead atoms. The molecule has 1 aliphatic carbocycles. The lowest BCUT2D eigenvalue weighted by molar-refractivity contribution is 0.416. The Bertz CT molecular complexity index is 3350. The van der Waals surface area contributed by atoms with E-state index in [0.717, 1.165) is 52.8 Å². The van der Waals surface area contributed by atoms with Gasteiger partial charge in [0.2, 0.25) is 0 Å². The summed E-state index contributed by atoms with van der Waals surface area (Å²) in [6, 6.07) is 62.6. The van der Waals surface area contributed by atoms with Crippen LogP contribution in [0.4, 0.5) is 28.4 Å². The van der Waals surface area contributed by atoms with E-state index in [1.807, 2.05) is 0 Å². The Morgan fingerprint density at radius 1 is 0.391 bits per heavy atom. The fourth-order valence-corrected chi connectivity index (χ4v) is 11.1. The topological polar surface area (TPSA) is 24.9 Å². The van der Waals surface area contributed by atoms with Crippen molar-refractivity contribution >= 4 is 28.4 Å². The van der Waals surface area contributed by atoms with E-state index in [-0.39, 0.29) is 10.8 Å². The largest absolute Gasteiger partial charge is 0.453 e. The maximum atomic E-state index is 6.63. The normalized spacial score (nSPS) is 16.3. The molecule has 4 heterocycles. The molecule has 4 heteroatoms. The van der Waals surface area contributed by atoms with Gasteiger partial charge in [-0.2, -0.15) is 0 Å². The predicted molar refractivity (Wildman–Crippen MR) is 262 cm³/mol. The Labute approximate surface area is 375 Å². The van der Waals surface area contributed by atoms with Gasteiger partial charge in [-0.25, -0.2) is 0 Å². The average Bonchev–Trinajstić information content (AvgIpc) is 3.33. The number of ether oxygens (including phenoxy) is 2. The number of para-hydroxylation sites is 4. The van der Waals surface area contributed by atoms with Crippen LogP contribution >= 0.6 is 0 Å². The molecule has 4 nitrogen and oxygen atoms in total. The molecular formula is C60H46N2O2. The lowest BCUT2D eigenvalue weighted by atomic mass is 9.72. The Kier molecular flexibility index (Phi) is 7.80. The summed E-state index contributed by atoms with van der Waals surface area (Å²) in [4.78, 5) is 4.95. The van der Waals surface area contributed by atoms with Gasteiger partial charge in [0.05, 0.1) is 34.1 Å². The van der Waals surface area contributed by atoms with Crippen LogP contribution in [0.2, 0.25) is 0 Å². The Balaban J connectivity index is 1.02. The van der Waals surface area contributed by atoms with Gasteiger partial charge in [-0.3, -0.25) is 0 Å². The summed E-state index contributed by atoms with van der Waals surface area (Å²) < 4.78 is 13.2. The summed E-state index contributed by atoms with van der Waals surface area (Å²) in [5, 5.41) is 0. The van der Waals surface area contributed by atoms with Gasteiger partial charge in [0, 0.05) is 10.8 Å². The number of nitrogens with zero attached hydrogens (tertiary/aromatic N) is 2. The van der Waals surface area contributed by atoms with E-state index in [2.05, 4.69) is 220 Å². The third kappa shape index (κ3) is 5.35. The third-order valence-electron chi connectivity index (χ3n) is 14.4. The van der Waals surface area contributed by atoms with Gasteiger partial charge in [0.15, 0.2) is 17.2 Å². The molecule has 0 saturated heterocycles. The van der Waals surface area contributed by atoms with Crippen LogP contribution in [-0.4, -0.2) is 0 Å². The lowest BCUT2D eigenvalue weighted by Crippen LogP contribution is -2.36. The zero-order valence-corrected chi connectivity index (χ0v) is 36.4. The van der Waals surface area contributed by atoms with Crippen molar-refractivity contribution in [2.75, 3.05) is 9.80 Å². The summed E-state index contributed by atoms with van der Waals surface area (Å²) in [6.07, 6.45) is 6.31. The van der Waals surface area contributed by atoms with Crippen molar-refractivity contribution in [3.05, 3.63) is 216 Å². The first-order valence-electron chi connectivity index (χ1n) is 22.5. The molecule has 8 aromatic carbocycles. The SMILES string of the molecule is CC1(C)c2ccc(-c3cc(-c4cccc(-c5ccccc5)c4)cc(-c4ccc5c(c4)N4c6ccccc6Oc6cccc(c64)C5(C)C)c3)cc2N2C3=C(C=CCC3)Oc3cccc1c32. The predicted octanol–water partition coefficient (Wildman–Crippen LogP) is 16.3. The van der Waals surface area contributed by atoms with E-state index in [4.69, 9.17) is 9.47 Å². The maximum Gasteiger partial charge on any atom is 0.151 e. The average molecular weight is 827 g/mol. The standard InChI is InChI=1S/C60H46N2O2/c1-59(2)45-29-27-40(35-51(45)61-49-21-8-10-23-53(49)63-55-25-13-19-47(59)57(55)61)43-32-42(39-18-12-17-38(31-39)37-15-6-5-7-16-37)33-44(34-43)41-28-30-46-52(36-41)62-50-22-9-11-24-54(50)64-56-26-14-20-48(58(56)62)60(46,3)4/h5-8,10-21,23-36H,9,22H2,1-4H3. The zero-order chi connectivity index (χ0) is 42.9. The first-order chi connectivity index (χ1) is 31.2. The second-order valence-electron chi connectivity index (χ2n) is 18.9. The molecule has 0 spiro atoms. The van der Waals surface area contributed by atoms with Gasteiger partial charge < -0.3 is 19.3 Å². The lowest BCUT2D eigenvalue weighted by Gasteiger charge is -2.46. The number of hydrogen-bond donors (Lipinski definition) is 0. The van der Waals surface area contributed by atoms with E-state index in [9.17, 15) is 0 Å². The third-order valence-corrected chi connectivity index (χ3v) is 14.4. The van der Waals surface area contributed by atoms with Crippen molar-refractivity contribution in [2.24, 2.45) is 0 Å². The van der Waals surface area contributed by atoms with Crippen molar-refractivity contribution in [3.8, 4) is 61.8 Å².